The number of aliphatic carboxylic acids is 1. The fourth-order valence-electron chi connectivity index (χ4n) is 3.99. The van der Waals surface area contributed by atoms with Crippen LogP contribution in [-0.2, 0) is 16.0 Å². The molecule has 0 radical (unpaired) electrons. The fourth-order valence-corrected chi connectivity index (χ4v) is 3.99. The first-order valence-electron chi connectivity index (χ1n) is 12.8. The van der Waals surface area contributed by atoms with Gasteiger partial charge in [-0.25, -0.2) is 4.79 Å². The summed E-state index contributed by atoms with van der Waals surface area (Å²) < 4.78 is 0. The van der Waals surface area contributed by atoms with E-state index in [1.54, 1.807) is 12.1 Å². The van der Waals surface area contributed by atoms with Crippen molar-refractivity contribution in [3.63, 3.8) is 0 Å². The van der Waals surface area contributed by atoms with Gasteiger partial charge in [0.1, 0.15) is 11.8 Å². The van der Waals surface area contributed by atoms with E-state index in [4.69, 9.17) is 0 Å². The largest absolute Gasteiger partial charge is 2.00 e. The summed E-state index contributed by atoms with van der Waals surface area (Å²) in [4.78, 5) is 23.6. The molecule has 6 heteroatoms. The molecule has 3 N–H and O–H groups in total. The quantitative estimate of drug-likeness (QED) is 0.119. The molecule has 1 atom stereocenters. The van der Waals surface area contributed by atoms with Crippen molar-refractivity contribution in [1.29, 1.82) is 0 Å². The first kappa shape index (κ1) is 32.5. The second kappa shape index (κ2) is 22.0. The molecule has 0 aliphatic heterocycles. The van der Waals surface area contributed by atoms with E-state index in [0.29, 0.717) is 6.42 Å². The third kappa shape index (κ3) is 18.5. The normalized spacial score (nSPS) is 11.5. The minimum Gasteiger partial charge on any atom is -1.00 e. The maximum Gasteiger partial charge on any atom is 2.00 e. The van der Waals surface area contributed by atoms with Crippen molar-refractivity contribution in [2.45, 2.75) is 122 Å². The van der Waals surface area contributed by atoms with Crippen molar-refractivity contribution < 1.29 is 22.7 Å². The molecule has 1 aromatic carbocycles. The molecule has 0 bridgehead atoms. The Labute approximate surface area is 244 Å². The number of amides is 1. The van der Waals surface area contributed by atoms with Crippen molar-refractivity contribution in [2.24, 2.45) is 0 Å². The first-order valence-corrected chi connectivity index (χ1v) is 12.8. The zero-order valence-electron chi connectivity index (χ0n) is 22.8. The topological polar surface area (TPSA) is 86.6 Å². The maximum absolute atomic E-state index is 12.1. The van der Waals surface area contributed by atoms with Crippen LogP contribution in [0.2, 0.25) is 0 Å². The van der Waals surface area contributed by atoms with Crippen molar-refractivity contribution >= 4 is 60.8 Å². The predicted molar refractivity (Wildman–Crippen MR) is 139 cm³/mol. The van der Waals surface area contributed by atoms with E-state index in [-0.39, 0.29) is 69.8 Å². The van der Waals surface area contributed by atoms with Crippen LogP contribution in [0.5, 0.6) is 5.75 Å². The number of phenols is 1. The molecule has 186 valence electrons. The zero-order valence-corrected chi connectivity index (χ0v) is 25.3. The number of hydrogen-bond acceptors (Lipinski definition) is 3. The molecule has 0 heterocycles. The first-order chi connectivity index (χ1) is 15.5. The molecule has 0 aliphatic rings. The minimum absolute atomic E-state index is 0. The summed E-state index contributed by atoms with van der Waals surface area (Å²) in [7, 11) is 0. The number of phenolic OH excluding ortho intramolecular Hbond substituents is 1. The smallest absolute Gasteiger partial charge is 1.00 e. The van der Waals surface area contributed by atoms with E-state index in [0.717, 1.165) is 24.8 Å². The van der Waals surface area contributed by atoms with Crippen LogP contribution in [0.3, 0.4) is 0 Å². The number of carbonyl (C=O) groups is 2. The number of nitrogens with one attached hydrogen (secondary N) is 1. The number of benzene rings is 1. The SMILES string of the molecule is CCCCCCCCCCCCCCCCCC(=O)NC(Cc1ccc(O)cc1)C(=O)O.[Ba+2].[H-].[H-]. The van der Waals surface area contributed by atoms with Crippen molar-refractivity contribution in [2.75, 3.05) is 0 Å². The maximum atomic E-state index is 12.1. The summed E-state index contributed by atoms with van der Waals surface area (Å²) in [6, 6.07) is 5.44. The summed E-state index contributed by atoms with van der Waals surface area (Å²) in [5.41, 5.74) is 0.766. The molecule has 0 aromatic heterocycles. The molecule has 1 aromatic rings. The summed E-state index contributed by atoms with van der Waals surface area (Å²) in [6.45, 7) is 2.26. The van der Waals surface area contributed by atoms with Gasteiger partial charge >= 0.3 is 54.9 Å². The van der Waals surface area contributed by atoms with Gasteiger partial charge in [0.05, 0.1) is 0 Å². The Kier molecular flexibility index (Phi) is 21.7. The van der Waals surface area contributed by atoms with Gasteiger partial charge in [0, 0.05) is 12.8 Å². The Morgan fingerprint density at radius 1 is 0.788 bits per heavy atom. The van der Waals surface area contributed by atoms with Gasteiger partial charge in [-0.3, -0.25) is 4.79 Å². The molecule has 0 aliphatic carbocycles. The van der Waals surface area contributed by atoms with Gasteiger partial charge in [-0.15, -0.1) is 0 Å². The Balaban J connectivity index is -0.00000341. The molecule has 1 rings (SSSR count). The Bertz CT molecular complexity index is 632. The van der Waals surface area contributed by atoms with Crippen molar-refractivity contribution in [3.8, 4) is 5.75 Å². The van der Waals surface area contributed by atoms with E-state index >= 15 is 0 Å². The average Bonchev–Trinajstić information content (AvgIpc) is 2.77. The van der Waals surface area contributed by atoms with Crippen LogP contribution in [0.1, 0.15) is 118 Å². The van der Waals surface area contributed by atoms with Crippen LogP contribution in [0.15, 0.2) is 24.3 Å². The average molecular weight is 587 g/mol. The number of unbranched alkanes of at least 4 members (excludes halogenated alkanes) is 14. The minimum atomic E-state index is -1.04. The van der Waals surface area contributed by atoms with E-state index in [1.165, 1.54) is 89.2 Å². The Morgan fingerprint density at radius 3 is 1.64 bits per heavy atom. The summed E-state index contributed by atoms with van der Waals surface area (Å²) in [5, 5.41) is 21.3. The third-order valence-corrected chi connectivity index (χ3v) is 6.02. The number of rotatable bonds is 20. The number of hydrogen-bond donors (Lipinski definition) is 3. The van der Waals surface area contributed by atoms with Gasteiger partial charge < -0.3 is 18.4 Å². The van der Waals surface area contributed by atoms with Crippen LogP contribution < -0.4 is 5.32 Å². The van der Waals surface area contributed by atoms with Crippen LogP contribution in [0.25, 0.3) is 0 Å². The van der Waals surface area contributed by atoms with E-state index in [2.05, 4.69) is 12.2 Å². The van der Waals surface area contributed by atoms with Gasteiger partial charge in [-0.1, -0.05) is 109 Å². The second-order valence-corrected chi connectivity index (χ2v) is 9.03. The molecule has 1 amide bonds. The molecule has 1 unspecified atom stereocenters. The zero-order chi connectivity index (χ0) is 23.4. The van der Waals surface area contributed by atoms with E-state index < -0.39 is 12.0 Å². The molecular weight excluding hydrogens is 540 g/mol. The van der Waals surface area contributed by atoms with Gasteiger partial charge in [0.25, 0.3) is 0 Å². The number of carboxylic acids is 1. The van der Waals surface area contributed by atoms with Crippen LogP contribution in [-0.4, -0.2) is 77.0 Å². The molecule has 0 saturated carbocycles. The van der Waals surface area contributed by atoms with Crippen molar-refractivity contribution in [1.82, 2.24) is 5.32 Å². The van der Waals surface area contributed by atoms with Crippen LogP contribution >= 0.6 is 0 Å². The fraction of sp³-hybridized carbons (Fsp3) is 0.704. The Hall–Kier alpha value is -0.469. The molecule has 33 heavy (non-hydrogen) atoms. The Morgan fingerprint density at radius 2 is 1.21 bits per heavy atom. The van der Waals surface area contributed by atoms with Crippen LogP contribution in [0, 0.1) is 0 Å². The van der Waals surface area contributed by atoms with Gasteiger partial charge in [0.2, 0.25) is 5.91 Å². The van der Waals surface area contributed by atoms with E-state index in [9.17, 15) is 19.8 Å². The summed E-state index contributed by atoms with van der Waals surface area (Å²) >= 11 is 0. The van der Waals surface area contributed by atoms with Crippen LogP contribution in [0.4, 0.5) is 0 Å². The number of carboxylic acid groups (broad SMARTS) is 1. The third-order valence-electron chi connectivity index (χ3n) is 6.02. The standard InChI is InChI=1S/C27H45NO4.Ba.2H/c1-2-3-4-5-6-7-8-9-10-11-12-13-14-15-16-17-26(30)28-25(27(31)32)22-23-18-20-24(29)21-19-23;;;/h18-21,25,29H,2-17,22H2,1H3,(H,28,30)(H,31,32);;;/q;+2;2*-1. The van der Waals surface area contributed by atoms with Gasteiger partial charge in [-0.05, 0) is 24.1 Å². The van der Waals surface area contributed by atoms with Crippen molar-refractivity contribution in [3.05, 3.63) is 29.8 Å². The van der Waals surface area contributed by atoms with E-state index in [1.807, 2.05) is 0 Å². The molecule has 0 spiro atoms. The van der Waals surface area contributed by atoms with Gasteiger partial charge in [0.15, 0.2) is 0 Å². The monoisotopic (exact) mass is 587 g/mol. The molecule has 0 fully saturated rings. The summed E-state index contributed by atoms with van der Waals surface area (Å²) in [5.74, 6) is -1.10. The number of carbonyl (C=O) groups excluding carboxylic acids is 1. The van der Waals surface area contributed by atoms with Gasteiger partial charge in [-0.2, -0.15) is 0 Å². The molecular formula is C27H47BaNO4. The molecule has 5 nitrogen and oxygen atoms in total. The second-order valence-electron chi connectivity index (χ2n) is 9.03. The number of aromatic hydroxyl groups is 1. The predicted octanol–water partition coefficient (Wildman–Crippen LogP) is 6.61. The summed E-state index contributed by atoms with van der Waals surface area (Å²) in [6.07, 6.45) is 19.7. The molecule has 0 saturated heterocycles.